The fourth-order valence-electron chi connectivity index (χ4n) is 1.82. The maximum absolute atomic E-state index is 10.2. The summed E-state index contributed by atoms with van der Waals surface area (Å²) in [7, 11) is 0. The largest absolute Gasteiger partial charge is 0.388 e. The zero-order valence-electron chi connectivity index (χ0n) is 12.0. The highest BCUT2D eigenvalue weighted by Crippen LogP contribution is 2.34. The normalized spacial score (nSPS) is 14.8. The Morgan fingerprint density at radius 2 is 1.47 bits per heavy atom. The first-order valence-corrected chi connectivity index (χ1v) is 6.47. The van der Waals surface area contributed by atoms with Crippen molar-refractivity contribution in [2.75, 3.05) is 0 Å². The standard InChI is InChI=1S/C16H26O/c1-7-16(5,6)13-10-8-12(9-11-13)14(17)15(2,3)4/h8-11,14,17H,7H2,1-6H3. The van der Waals surface area contributed by atoms with Crippen LogP contribution in [0.15, 0.2) is 24.3 Å². The van der Waals surface area contributed by atoms with Gasteiger partial charge in [-0.2, -0.15) is 0 Å². The zero-order valence-corrected chi connectivity index (χ0v) is 12.0. The highest BCUT2D eigenvalue weighted by atomic mass is 16.3. The van der Waals surface area contributed by atoms with E-state index in [1.165, 1.54) is 5.56 Å². The molecule has 1 unspecified atom stereocenters. The van der Waals surface area contributed by atoms with E-state index in [2.05, 4.69) is 65.8 Å². The van der Waals surface area contributed by atoms with Crippen molar-refractivity contribution in [3.05, 3.63) is 35.4 Å². The first-order valence-electron chi connectivity index (χ1n) is 6.47. The molecule has 0 amide bonds. The molecule has 0 aliphatic heterocycles. The third-order valence-corrected chi connectivity index (χ3v) is 3.71. The number of hydrogen-bond donors (Lipinski definition) is 1. The van der Waals surface area contributed by atoms with Crippen molar-refractivity contribution in [2.24, 2.45) is 5.41 Å². The zero-order chi connectivity index (χ0) is 13.3. The number of hydrogen-bond acceptors (Lipinski definition) is 1. The van der Waals surface area contributed by atoms with Crippen LogP contribution in [0.5, 0.6) is 0 Å². The molecule has 0 aliphatic rings. The lowest BCUT2D eigenvalue weighted by atomic mass is 9.80. The molecule has 0 saturated heterocycles. The van der Waals surface area contributed by atoms with Gasteiger partial charge < -0.3 is 5.11 Å². The summed E-state index contributed by atoms with van der Waals surface area (Å²) in [6.07, 6.45) is 0.718. The van der Waals surface area contributed by atoms with Gasteiger partial charge in [0, 0.05) is 0 Å². The van der Waals surface area contributed by atoms with Gasteiger partial charge in [0.1, 0.15) is 0 Å². The van der Waals surface area contributed by atoms with Gasteiger partial charge in [-0.05, 0) is 28.4 Å². The Bertz CT molecular complexity index is 354. The molecule has 1 atom stereocenters. The fraction of sp³-hybridized carbons (Fsp3) is 0.625. The second kappa shape index (κ2) is 4.81. The Kier molecular flexibility index (Phi) is 4.03. The number of benzene rings is 1. The minimum absolute atomic E-state index is 0.109. The van der Waals surface area contributed by atoms with Gasteiger partial charge in [0.25, 0.3) is 0 Å². The lowest BCUT2D eigenvalue weighted by Gasteiger charge is -2.28. The predicted octanol–water partition coefficient (Wildman–Crippen LogP) is 4.45. The molecule has 1 N–H and O–H groups in total. The second-order valence-corrected chi connectivity index (χ2v) is 6.63. The minimum atomic E-state index is -0.402. The molecule has 1 nitrogen and oxygen atoms in total. The summed E-state index contributed by atoms with van der Waals surface area (Å²) < 4.78 is 0. The van der Waals surface area contributed by atoms with E-state index in [0.29, 0.717) is 0 Å². The van der Waals surface area contributed by atoms with E-state index >= 15 is 0 Å². The minimum Gasteiger partial charge on any atom is -0.388 e. The summed E-state index contributed by atoms with van der Waals surface area (Å²) >= 11 is 0. The van der Waals surface area contributed by atoms with Crippen LogP contribution in [0.25, 0.3) is 0 Å². The number of aliphatic hydroxyl groups is 1. The Labute approximate surface area is 106 Å². The van der Waals surface area contributed by atoms with Crippen molar-refractivity contribution in [2.45, 2.75) is 59.5 Å². The Balaban J connectivity index is 2.97. The summed E-state index contributed by atoms with van der Waals surface area (Å²) in [5.74, 6) is 0. The molecule has 0 bridgehead atoms. The van der Waals surface area contributed by atoms with E-state index in [1.807, 2.05) is 0 Å². The van der Waals surface area contributed by atoms with Gasteiger partial charge in [-0.1, -0.05) is 65.8 Å². The average molecular weight is 234 g/mol. The SMILES string of the molecule is CCC(C)(C)c1ccc(C(O)C(C)(C)C)cc1. The first kappa shape index (κ1) is 14.2. The van der Waals surface area contributed by atoms with Gasteiger partial charge in [0.2, 0.25) is 0 Å². The number of rotatable bonds is 3. The second-order valence-electron chi connectivity index (χ2n) is 6.63. The van der Waals surface area contributed by atoms with Gasteiger partial charge in [-0.3, -0.25) is 0 Å². The average Bonchev–Trinajstić information content (AvgIpc) is 2.27. The van der Waals surface area contributed by atoms with E-state index in [1.54, 1.807) is 0 Å². The monoisotopic (exact) mass is 234 g/mol. The van der Waals surface area contributed by atoms with Crippen LogP contribution < -0.4 is 0 Å². The molecule has 0 aromatic heterocycles. The summed E-state index contributed by atoms with van der Waals surface area (Å²) in [5, 5.41) is 10.2. The fourth-order valence-corrected chi connectivity index (χ4v) is 1.82. The van der Waals surface area contributed by atoms with Gasteiger partial charge in [0.15, 0.2) is 0 Å². The van der Waals surface area contributed by atoms with Gasteiger partial charge in [-0.15, -0.1) is 0 Å². The van der Waals surface area contributed by atoms with Crippen molar-refractivity contribution in [1.29, 1.82) is 0 Å². The molecule has 0 radical (unpaired) electrons. The van der Waals surface area contributed by atoms with Crippen LogP contribution >= 0.6 is 0 Å². The number of aliphatic hydroxyl groups excluding tert-OH is 1. The van der Waals surface area contributed by atoms with E-state index in [-0.39, 0.29) is 10.8 Å². The molecule has 1 aromatic carbocycles. The maximum atomic E-state index is 10.2. The Morgan fingerprint density at radius 1 is 1.00 bits per heavy atom. The predicted molar refractivity (Wildman–Crippen MR) is 74.2 cm³/mol. The molecule has 0 heterocycles. The van der Waals surface area contributed by atoms with E-state index in [4.69, 9.17) is 0 Å². The summed E-state index contributed by atoms with van der Waals surface area (Å²) in [6, 6.07) is 8.41. The van der Waals surface area contributed by atoms with Crippen LogP contribution in [-0.4, -0.2) is 5.11 Å². The molecule has 96 valence electrons. The molecular weight excluding hydrogens is 208 g/mol. The molecule has 0 spiro atoms. The van der Waals surface area contributed by atoms with E-state index in [9.17, 15) is 5.11 Å². The topological polar surface area (TPSA) is 20.2 Å². The van der Waals surface area contributed by atoms with Crippen molar-refractivity contribution in [3.8, 4) is 0 Å². The van der Waals surface area contributed by atoms with Crippen LogP contribution in [0.2, 0.25) is 0 Å². The van der Waals surface area contributed by atoms with E-state index in [0.717, 1.165) is 12.0 Å². The molecule has 0 saturated carbocycles. The molecule has 17 heavy (non-hydrogen) atoms. The first-order chi connectivity index (χ1) is 7.68. The van der Waals surface area contributed by atoms with Gasteiger partial charge in [-0.25, -0.2) is 0 Å². The van der Waals surface area contributed by atoms with Crippen molar-refractivity contribution < 1.29 is 5.11 Å². The highest BCUT2D eigenvalue weighted by Gasteiger charge is 2.24. The molecule has 0 aliphatic carbocycles. The van der Waals surface area contributed by atoms with Crippen LogP contribution in [-0.2, 0) is 5.41 Å². The van der Waals surface area contributed by atoms with Crippen molar-refractivity contribution >= 4 is 0 Å². The third kappa shape index (κ3) is 3.32. The summed E-state index contributed by atoms with van der Waals surface area (Å²) in [4.78, 5) is 0. The molecule has 0 fully saturated rings. The summed E-state index contributed by atoms with van der Waals surface area (Å²) in [6.45, 7) is 12.9. The van der Waals surface area contributed by atoms with Gasteiger partial charge >= 0.3 is 0 Å². The molecule has 1 rings (SSSR count). The molecular formula is C16H26O. The summed E-state index contributed by atoms with van der Waals surface area (Å²) in [5.41, 5.74) is 2.45. The smallest absolute Gasteiger partial charge is 0.0838 e. The van der Waals surface area contributed by atoms with Crippen molar-refractivity contribution in [1.82, 2.24) is 0 Å². The van der Waals surface area contributed by atoms with Crippen LogP contribution in [0, 0.1) is 5.41 Å². The van der Waals surface area contributed by atoms with Gasteiger partial charge in [0.05, 0.1) is 6.10 Å². The van der Waals surface area contributed by atoms with Crippen LogP contribution in [0.1, 0.15) is 65.2 Å². The maximum Gasteiger partial charge on any atom is 0.0838 e. The lowest BCUT2D eigenvalue weighted by molar-refractivity contribution is 0.0626. The Morgan fingerprint density at radius 3 is 1.82 bits per heavy atom. The van der Waals surface area contributed by atoms with Crippen LogP contribution in [0.4, 0.5) is 0 Å². The third-order valence-electron chi connectivity index (χ3n) is 3.71. The van der Waals surface area contributed by atoms with Crippen molar-refractivity contribution in [3.63, 3.8) is 0 Å². The quantitative estimate of drug-likeness (QED) is 0.819. The Hall–Kier alpha value is -0.820. The molecule has 1 heteroatoms. The highest BCUT2D eigenvalue weighted by molar-refractivity contribution is 5.29. The van der Waals surface area contributed by atoms with E-state index < -0.39 is 6.10 Å². The van der Waals surface area contributed by atoms with Crippen LogP contribution in [0.3, 0.4) is 0 Å². The lowest BCUT2D eigenvalue weighted by Crippen LogP contribution is -2.19. The molecule has 1 aromatic rings.